The standard InChI is InChI=1S/C16H18ClN5O2/c1-16(2,10-4-3-5-11(17)6-10)15(24)21-7-12(8-21)22-9-13(14(18)23)19-20-22/h3-6,9,12H,7-8H2,1-2H3,(H2,18,23). The predicted molar refractivity (Wildman–Crippen MR) is 88.6 cm³/mol. The van der Waals surface area contributed by atoms with Gasteiger partial charge in [0, 0.05) is 18.1 Å². The van der Waals surface area contributed by atoms with Crippen molar-refractivity contribution in [1.82, 2.24) is 19.9 Å². The minimum atomic E-state index is -0.670. The lowest BCUT2D eigenvalue weighted by molar-refractivity contribution is -0.142. The molecule has 7 nitrogen and oxygen atoms in total. The molecule has 2 N–H and O–H groups in total. The van der Waals surface area contributed by atoms with Gasteiger partial charge in [0.1, 0.15) is 0 Å². The molecule has 0 atom stereocenters. The van der Waals surface area contributed by atoms with Gasteiger partial charge in [0.25, 0.3) is 5.91 Å². The van der Waals surface area contributed by atoms with E-state index in [9.17, 15) is 9.59 Å². The maximum atomic E-state index is 12.8. The Bertz CT molecular complexity index is 795. The Kier molecular flexibility index (Phi) is 4.04. The summed E-state index contributed by atoms with van der Waals surface area (Å²) in [5.74, 6) is -0.591. The van der Waals surface area contributed by atoms with Crippen LogP contribution >= 0.6 is 11.6 Å². The second-order valence-corrected chi connectivity index (χ2v) is 6.88. The summed E-state index contributed by atoms with van der Waals surface area (Å²) in [5, 5.41) is 8.22. The fraction of sp³-hybridized carbons (Fsp3) is 0.375. The first kappa shape index (κ1) is 16.4. The van der Waals surface area contributed by atoms with Gasteiger partial charge in [0.05, 0.1) is 17.7 Å². The van der Waals surface area contributed by atoms with E-state index >= 15 is 0 Å². The number of nitrogens with zero attached hydrogens (tertiary/aromatic N) is 4. The van der Waals surface area contributed by atoms with Crippen molar-refractivity contribution in [3.05, 3.63) is 46.7 Å². The molecule has 2 heterocycles. The number of hydrogen-bond donors (Lipinski definition) is 1. The monoisotopic (exact) mass is 347 g/mol. The zero-order valence-electron chi connectivity index (χ0n) is 13.4. The van der Waals surface area contributed by atoms with E-state index in [-0.39, 0.29) is 17.6 Å². The summed E-state index contributed by atoms with van der Waals surface area (Å²) < 4.78 is 1.58. The second-order valence-electron chi connectivity index (χ2n) is 6.45. The van der Waals surface area contributed by atoms with Crippen LogP contribution in [0.5, 0.6) is 0 Å². The van der Waals surface area contributed by atoms with E-state index < -0.39 is 11.3 Å². The van der Waals surface area contributed by atoms with Crippen LogP contribution in [0.15, 0.2) is 30.5 Å². The Hall–Kier alpha value is -2.41. The zero-order valence-corrected chi connectivity index (χ0v) is 14.2. The van der Waals surface area contributed by atoms with Crippen LogP contribution < -0.4 is 5.73 Å². The van der Waals surface area contributed by atoms with Crippen LogP contribution in [0, 0.1) is 0 Å². The van der Waals surface area contributed by atoms with Gasteiger partial charge < -0.3 is 10.6 Å². The molecule has 2 aromatic rings. The molecule has 0 spiro atoms. The van der Waals surface area contributed by atoms with E-state index in [0.29, 0.717) is 18.1 Å². The van der Waals surface area contributed by atoms with E-state index in [1.807, 2.05) is 32.0 Å². The van der Waals surface area contributed by atoms with Crippen LogP contribution in [0.2, 0.25) is 5.02 Å². The maximum Gasteiger partial charge on any atom is 0.270 e. The van der Waals surface area contributed by atoms with E-state index in [4.69, 9.17) is 17.3 Å². The van der Waals surface area contributed by atoms with Crippen LogP contribution in [0.4, 0.5) is 0 Å². The summed E-state index contributed by atoms with van der Waals surface area (Å²) in [5.41, 5.74) is 5.50. The van der Waals surface area contributed by atoms with Gasteiger partial charge in [0.2, 0.25) is 5.91 Å². The molecule has 8 heteroatoms. The van der Waals surface area contributed by atoms with Gasteiger partial charge in [-0.25, -0.2) is 4.68 Å². The third-order valence-electron chi connectivity index (χ3n) is 4.37. The van der Waals surface area contributed by atoms with Gasteiger partial charge >= 0.3 is 0 Å². The molecule has 1 aliphatic rings. The highest BCUT2D eigenvalue weighted by atomic mass is 35.5. The summed E-state index contributed by atoms with van der Waals surface area (Å²) in [4.78, 5) is 25.6. The Morgan fingerprint density at radius 2 is 2.04 bits per heavy atom. The third-order valence-corrected chi connectivity index (χ3v) is 4.60. The molecule has 0 radical (unpaired) electrons. The molecule has 1 fully saturated rings. The number of aromatic nitrogens is 3. The Balaban J connectivity index is 1.68. The van der Waals surface area contributed by atoms with Crippen molar-refractivity contribution in [1.29, 1.82) is 0 Å². The predicted octanol–water partition coefficient (Wildman–Crippen LogP) is 1.39. The Morgan fingerprint density at radius 3 is 2.62 bits per heavy atom. The molecule has 1 aromatic heterocycles. The van der Waals surface area contributed by atoms with Crippen LogP contribution in [-0.4, -0.2) is 44.8 Å². The van der Waals surface area contributed by atoms with Gasteiger partial charge in [0.15, 0.2) is 5.69 Å². The first-order valence-electron chi connectivity index (χ1n) is 7.56. The first-order valence-corrected chi connectivity index (χ1v) is 7.94. The number of primary amides is 1. The van der Waals surface area contributed by atoms with Gasteiger partial charge in [-0.15, -0.1) is 5.10 Å². The number of halogens is 1. The molecule has 24 heavy (non-hydrogen) atoms. The van der Waals surface area contributed by atoms with Crippen molar-refractivity contribution >= 4 is 23.4 Å². The van der Waals surface area contributed by atoms with Gasteiger partial charge in [-0.1, -0.05) is 28.9 Å². The summed E-state index contributed by atoms with van der Waals surface area (Å²) >= 11 is 6.03. The van der Waals surface area contributed by atoms with Crippen LogP contribution in [0.3, 0.4) is 0 Å². The van der Waals surface area contributed by atoms with Crippen molar-refractivity contribution in [3.8, 4) is 0 Å². The molecule has 0 saturated carbocycles. The number of carbonyl (C=O) groups excluding carboxylic acids is 2. The van der Waals surface area contributed by atoms with Gasteiger partial charge in [-0.05, 0) is 31.5 Å². The van der Waals surface area contributed by atoms with Crippen LogP contribution in [0.25, 0.3) is 0 Å². The summed E-state index contributed by atoms with van der Waals surface area (Å²) in [7, 11) is 0. The highest BCUT2D eigenvalue weighted by molar-refractivity contribution is 6.30. The van der Waals surface area contributed by atoms with Crippen LogP contribution in [-0.2, 0) is 10.2 Å². The molecule has 1 aliphatic heterocycles. The minimum absolute atomic E-state index is 0.00436. The minimum Gasteiger partial charge on any atom is -0.364 e. The van der Waals surface area contributed by atoms with Crippen molar-refractivity contribution in [2.45, 2.75) is 25.3 Å². The second kappa shape index (κ2) is 5.90. The first-order chi connectivity index (χ1) is 11.3. The summed E-state index contributed by atoms with van der Waals surface area (Å²) in [6.45, 7) is 4.80. The van der Waals surface area contributed by atoms with E-state index in [1.54, 1.807) is 15.6 Å². The lowest BCUT2D eigenvalue weighted by atomic mass is 9.82. The average Bonchev–Trinajstić information content (AvgIpc) is 2.95. The highest BCUT2D eigenvalue weighted by Gasteiger charge is 2.40. The molecular weight excluding hydrogens is 330 g/mol. The molecular formula is C16H18ClN5O2. The van der Waals surface area contributed by atoms with Crippen molar-refractivity contribution in [2.75, 3.05) is 13.1 Å². The summed E-state index contributed by atoms with van der Waals surface area (Å²) in [6.07, 6.45) is 1.51. The van der Waals surface area contributed by atoms with Crippen molar-refractivity contribution in [3.63, 3.8) is 0 Å². The number of rotatable bonds is 4. The SMILES string of the molecule is CC(C)(C(=O)N1CC(n2cc(C(N)=O)nn2)C1)c1cccc(Cl)c1. The molecule has 1 saturated heterocycles. The number of benzene rings is 1. The number of amides is 2. The largest absolute Gasteiger partial charge is 0.364 e. The molecule has 126 valence electrons. The number of likely N-dealkylation sites (tertiary alicyclic amines) is 1. The van der Waals surface area contributed by atoms with Crippen LogP contribution in [0.1, 0.15) is 35.9 Å². The molecule has 0 unspecified atom stereocenters. The molecule has 0 aliphatic carbocycles. The topological polar surface area (TPSA) is 94.1 Å². The maximum absolute atomic E-state index is 12.8. The Morgan fingerprint density at radius 1 is 1.33 bits per heavy atom. The zero-order chi connectivity index (χ0) is 17.5. The fourth-order valence-corrected chi connectivity index (χ4v) is 2.94. The smallest absolute Gasteiger partial charge is 0.270 e. The number of carbonyl (C=O) groups is 2. The summed E-state index contributed by atoms with van der Waals surface area (Å²) in [6, 6.07) is 7.34. The fourth-order valence-electron chi connectivity index (χ4n) is 2.75. The van der Waals surface area contributed by atoms with E-state index in [1.165, 1.54) is 6.20 Å². The molecule has 0 bridgehead atoms. The number of hydrogen-bond acceptors (Lipinski definition) is 4. The normalized spacial score (nSPS) is 15.2. The van der Waals surface area contributed by atoms with E-state index in [2.05, 4.69) is 10.3 Å². The van der Waals surface area contributed by atoms with Crippen molar-refractivity contribution in [2.24, 2.45) is 5.73 Å². The Labute approximate surface area is 144 Å². The average molecular weight is 348 g/mol. The third kappa shape index (κ3) is 2.87. The van der Waals surface area contributed by atoms with Gasteiger partial charge in [-0.2, -0.15) is 0 Å². The van der Waals surface area contributed by atoms with E-state index in [0.717, 1.165) is 5.56 Å². The number of nitrogens with two attached hydrogens (primary N) is 1. The quantitative estimate of drug-likeness (QED) is 0.904. The lowest BCUT2D eigenvalue weighted by Gasteiger charge is -2.43. The van der Waals surface area contributed by atoms with Gasteiger partial charge in [-0.3, -0.25) is 9.59 Å². The lowest BCUT2D eigenvalue weighted by Crippen LogP contribution is -2.55. The molecule has 1 aromatic carbocycles. The molecule has 3 rings (SSSR count). The molecule has 2 amide bonds. The highest BCUT2D eigenvalue weighted by Crippen LogP contribution is 2.31. The van der Waals surface area contributed by atoms with Crippen molar-refractivity contribution < 1.29 is 9.59 Å².